The highest BCUT2D eigenvalue weighted by Crippen LogP contribution is 1.97. The molecule has 0 amide bonds. The first-order chi connectivity index (χ1) is 4.24. The molecule has 0 aliphatic heterocycles. The van der Waals surface area contributed by atoms with E-state index in [2.05, 4.69) is 22.9 Å². The summed E-state index contributed by atoms with van der Waals surface area (Å²) in [6.45, 7) is 3.89. The molecule has 0 aliphatic rings. The van der Waals surface area contributed by atoms with Gasteiger partial charge in [0.05, 0.1) is 0 Å². The van der Waals surface area contributed by atoms with Crippen molar-refractivity contribution in [1.29, 1.82) is 0 Å². The fourth-order valence-corrected chi connectivity index (χ4v) is 0.733. The Labute approximate surface area is 59.6 Å². The van der Waals surface area contributed by atoms with Crippen molar-refractivity contribution in [2.75, 3.05) is 0 Å². The molecule has 1 aromatic heterocycles. The maximum Gasteiger partial charge on any atom is 0.151 e. The summed E-state index contributed by atoms with van der Waals surface area (Å²) in [6.07, 6.45) is 0.869. The van der Waals surface area contributed by atoms with Crippen LogP contribution in [0.2, 0.25) is 0 Å². The summed E-state index contributed by atoms with van der Waals surface area (Å²) in [5.74, 6) is 1.69. The Morgan fingerprint density at radius 2 is 2.33 bits per heavy atom. The molecule has 0 atom stereocenters. The van der Waals surface area contributed by atoms with Crippen molar-refractivity contribution in [3.63, 3.8) is 0 Å². The van der Waals surface area contributed by atoms with Crippen molar-refractivity contribution in [3.8, 4) is 0 Å². The topological polar surface area (TPSA) is 30.7 Å². The van der Waals surface area contributed by atoms with Crippen LogP contribution in [-0.4, -0.2) is 14.2 Å². The van der Waals surface area contributed by atoms with Gasteiger partial charge in [0.25, 0.3) is 0 Å². The number of rotatable bonds is 1. The highest BCUT2D eigenvalue weighted by Gasteiger charge is 1.98. The largest absolute Gasteiger partial charge is 0.216 e. The number of hydrogen-bond acceptors (Lipinski definition) is 3. The van der Waals surface area contributed by atoms with Crippen LogP contribution < -0.4 is 0 Å². The molecule has 0 aliphatic carbocycles. The SMILES string of the molecule is CCc1nc(C)n(S)n1. The Kier molecular flexibility index (Phi) is 1.75. The highest BCUT2D eigenvalue weighted by atomic mass is 32.1. The molecule has 9 heavy (non-hydrogen) atoms. The molecule has 0 N–H and O–H groups in total. The summed E-state index contributed by atoms with van der Waals surface area (Å²) < 4.78 is 1.48. The molecular formula is C5H9N3S. The van der Waals surface area contributed by atoms with Crippen LogP contribution in [0.15, 0.2) is 0 Å². The molecule has 1 heterocycles. The Morgan fingerprint density at radius 1 is 1.67 bits per heavy atom. The molecule has 0 aromatic carbocycles. The zero-order valence-electron chi connectivity index (χ0n) is 5.50. The van der Waals surface area contributed by atoms with E-state index in [1.54, 1.807) is 0 Å². The van der Waals surface area contributed by atoms with Crippen LogP contribution in [0.1, 0.15) is 18.6 Å². The molecule has 1 aromatic rings. The molecule has 0 fully saturated rings. The normalized spacial score (nSPS) is 10.1. The van der Waals surface area contributed by atoms with Crippen LogP contribution in [-0.2, 0) is 6.42 Å². The average Bonchev–Trinajstić information content (AvgIpc) is 2.13. The first kappa shape index (κ1) is 6.61. The lowest BCUT2D eigenvalue weighted by molar-refractivity contribution is 0.914. The minimum Gasteiger partial charge on any atom is -0.216 e. The van der Waals surface area contributed by atoms with E-state index in [1.165, 1.54) is 4.09 Å². The van der Waals surface area contributed by atoms with Gasteiger partial charge in [-0.15, -0.1) is 5.10 Å². The van der Waals surface area contributed by atoms with Gasteiger partial charge in [0.1, 0.15) is 5.82 Å². The van der Waals surface area contributed by atoms with Gasteiger partial charge >= 0.3 is 0 Å². The first-order valence-electron chi connectivity index (χ1n) is 2.86. The zero-order valence-corrected chi connectivity index (χ0v) is 6.39. The van der Waals surface area contributed by atoms with Crippen molar-refractivity contribution >= 4 is 12.8 Å². The lowest BCUT2D eigenvalue weighted by Gasteiger charge is -1.83. The summed E-state index contributed by atoms with van der Waals surface area (Å²) in [4.78, 5) is 4.10. The summed E-state index contributed by atoms with van der Waals surface area (Å²) in [5.41, 5.74) is 0. The summed E-state index contributed by atoms with van der Waals surface area (Å²) in [7, 11) is 0. The third-order valence-electron chi connectivity index (χ3n) is 1.11. The minimum absolute atomic E-state index is 0.843. The lowest BCUT2D eigenvalue weighted by atomic mass is 10.5. The van der Waals surface area contributed by atoms with E-state index in [9.17, 15) is 0 Å². The molecule has 0 spiro atoms. The van der Waals surface area contributed by atoms with Crippen LogP contribution in [0.5, 0.6) is 0 Å². The molecule has 0 saturated heterocycles. The van der Waals surface area contributed by atoms with Crippen LogP contribution in [0.4, 0.5) is 0 Å². The van der Waals surface area contributed by atoms with Crippen molar-refractivity contribution in [3.05, 3.63) is 11.6 Å². The maximum atomic E-state index is 4.10. The van der Waals surface area contributed by atoms with E-state index in [1.807, 2.05) is 13.8 Å². The maximum absolute atomic E-state index is 4.10. The van der Waals surface area contributed by atoms with Gasteiger partial charge in [-0.2, -0.15) is 4.09 Å². The predicted octanol–water partition coefficient (Wildman–Crippen LogP) is 0.842. The molecule has 4 heteroatoms. The average molecular weight is 143 g/mol. The molecule has 50 valence electrons. The van der Waals surface area contributed by atoms with E-state index in [0.717, 1.165) is 18.1 Å². The van der Waals surface area contributed by atoms with Crippen LogP contribution >= 0.6 is 12.8 Å². The Bertz CT molecular complexity index is 186. The fourth-order valence-electron chi connectivity index (χ4n) is 0.585. The summed E-state index contributed by atoms with van der Waals surface area (Å²) in [6, 6.07) is 0. The quantitative estimate of drug-likeness (QED) is 0.591. The van der Waals surface area contributed by atoms with Crippen molar-refractivity contribution in [2.45, 2.75) is 20.3 Å². The van der Waals surface area contributed by atoms with Crippen LogP contribution in [0, 0.1) is 6.92 Å². The van der Waals surface area contributed by atoms with Crippen molar-refractivity contribution < 1.29 is 0 Å². The molecule has 0 saturated carbocycles. The standard InChI is InChI=1S/C5H9N3S/c1-3-5-6-4(2)8(9)7-5/h9H,3H2,1-2H3. The minimum atomic E-state index is 0.843. The molecule has 0 radical (unpaired) electrons. The Hall–Kier alpha value is -0.510. The monoisotopic (exact) mass is 143 g/mol. The Balaban J connectivity index is 2.98. The van der Waals surface area contributed by atoms with Gasteiger partial charge < -0.3 is 0 Å². The van der Waals surface area contributed by atoms with Gasteiger partial charge in [0.2, 0.25) is 0 Å². The first-order valence-corrected chi connectivity index (χ1v) is 3.26. The van der Waals surface area contributed by atoms with E-state index in [-0.39, 0.29) is 0 Å². The van der Waals surface area contributed by atoms with Gasteiger partial charge in [-0.1, -0.05) is 6.92 Å². The lowest BCUT2D eigenvalue weighted by Crippen LogP contribution is -1.85. The number of thiol groups is 1. The van der Waals surface area contributed by atoms with E-state index >= 15 is 0 Å². The smallest absolute Gasteiger partial charge is 0.151 e. The second-order valence-corrected chi connectivity index (χ2v) is 2.20. The van der Waals surface area contributed by atoms with E-state index in [4.69, 9.17) is 0 Å². The third-order valence-corrected chi connectivity index (χ3v) is 1.49. The second kappa shape index (κ2) is 2.39. The van der Waals surface area contributed by atoms with Crippen molar-refractivity contribution in [1.82, 2.24) is 14.2 Å². The van der Waals surface area contributed by atoms with Gasteiger partial charge in [-0.25, -0.2) is 4.98 Å². The summed E-state index contributed by atoms with van der Waals surface area (Å²) in [5, 5.41) is 4.00. The van der Waals surface area contributed by atoms with Gasteiger partial charge in [0, 0.05) is 6.42 Å². The number of aryl methyl sites for hydroxylation is 2. The van der Waals surface area contributed by atoms with Gasteiger partial charge in [0.15, 0.2) is 5.82 Å². The van der Waals surface area contributed by atoms with Gasteiger partial charge in [-0.05, 0) is 19.7 Å². The molecule has 1 rings (SSSR count). The highest BCUT2D eigenvalue weighted by molar-refractivity contribution is 7.78. The number of hydrogen-bond donors (Lipinski definition) is 1. The molecule has 3 nitrogen and oxygen atoms in total. The van der Waals surface area contributed by atoms with Crippen molar-refractivity contribution in [2.24, 2.45) is 0 Å². The Morgan fingerprint density at radius 3 is 2.56 bits per heavy atom. The number of nitrogens with zero attached hydrogens (tertiary/aromatic N) is 3. The second-order valence-electron chi connectivity index (χ2n) is 1.82. The molecule has 0 unspecified atom stereocenters. The zero-order chi connectivity index (χ0) is 6.85. The van der Waals surface area contributed by atoms with Crippen LogP contribution in [0.25, 0.3) is 0 Å². The fraction of sp³-hybridized carbons (Fsp3) is 0.600. The summed E-state index contributed by atoms with van der Waals surface area (Å²) >= 11 is 4.02. The van der Waals surface area contributed by atoms with Gasteiger partial charge in [-0.3, -0.25) is 0 Å². The van der Waals surface area contributed by atoms with E-state index < -0.39 is 0 Å². The van der Waals surface area contributed by atoms with Crippen LogP contribution in [0.3, 0.4) is 0 Å². The van der Waals surface area contributed by atoms with E-state index in [0.29, 0.717) is 0 Å². The molecular weight excluding hydrogens is 134 g/mol. The third kappa shape index (κ3) is 1.24. The number of aromatic nitrogens is 3. The predicted molar refractivity (Wildman–Crippen MR) is 38.5 cm³/mol. The molecule has 0 bridgehead atoms.